The van der Waals surface area contributed by atoms with Crippen LogP contribution >= 0.6 is 11.3 Å². The second-order valence-corrected chi connectivity index (χ2v) is 10.4. The van der Waals surface area contributed by atoms with Crippen molar-refractivity contribution in [2.75, 3.05) is 32.1 Å². The summed E-state index contributed by atoms with van der Waals surface area (Å²) in [6, 6.07) is 13.2. The molecule has 0 saturated heterocycles. The summed E-state index contributed by atoms with van der Waals surface area (Å²) in [6.45, 7) is 8.11. The van der Waals surface area contributed by atoms with Crippen molar-refractivity contribution < 1.29 is 4.79 Å². The molecule has 2 aromatic carbocycles. The van der Waals surface area contributed by atoms with E-state index in [1.54, 1.807) is 11.3 Å². The molecular formula is C29H42N4OS. The van der Waals surface area contributed by atoms with Crippen molar-refractivity contribution in [3.05, 3.63) is 58.1 Å². The van der Waals surface area contributed by atoms with Crippen molar-refractivity contribution in [2.45, 2.75) is 71.8 Å². The summed E-state index contributed by atoms with van der Waals surface area (Å²) in [5.41, 5.74) is 5.44. The molecule has 3 aromatic rings. The summed E-state index contributed by atoms with van der Waals surface area (Å²) < 4.78 is 1.20. The first-order chi connectivity index (χ1) is 17.0. The van der Waals surface area contributed by atoms with Crippen LogP contribution in [0.5, 0.6) is 0 Å². The van der Waals surface area contributed by atoms with Crippen molar-refractivity contribution in [1.29, 1.82) is 0 Å². The molecule has 1 amide bonds. The number of hydrogen-bond acceptors (Lipinski definition) is 5. The molecule has 5 nitrogen and oxygen atoms in total. The van der Waals surface area contributed by atoms with E-state index in [1.807, 2.05) is 32.3 Å². The number of nitrogens with one attached hydrogen (secondary N) is 2. The van der Waals surface area contributed by atoms with Crippen LogP contribution in [0.15, 0.2) is 36.4 Å². The highest BCUT2D eigenvalue weighted by Crippen LogP contribution is 2.32. The highest BCUT2D eigenvalue weighted by molar-refractivity contribution is 7.18. The van der Waals surface area contributed by atoms with Gasteiger partial charge in [-0.15, -0.1) is 11.3 Å². The molecule has 2 N–H and O–H groups in total. The van der Waals surface area contributed by atoms with Crippen LogP contribution < -0.4 is 15.5 Å². The van der Waals surface area contributed by atoms with Crippen LogP contribution in [0.3, 0.4) is 0 Å². The van der Waals surface area contributed by atoms with Crippen LogP contribution in [0.1, 0.15) is 72.4 Å². The Morgan fingerprint density at radius 2 is 1.83 bits per heavy atom. The van der Waals surface area contributed by atoms with Gasteiger partial charge in [-0.1, -0.05) is 38.3 Å². The SMILES string of the molecule is CCc1cc(C(=O)NCCc2nc3ccccc3s2)c(C)c(N(CC)C2CCCCC2)c1.CNC. The maximum atomic E-state index is 13.2. The number of nitrogens with zero attached hydrogens (tertiary/aromatic N) is 2. The van der Waals surface area contributed by atoms with Crippen LogP contribution in [-0.4, -0.2) is 44.1 Å². The number of rotatable bonds is 8. The fourth-order valence-electron chi connectivity index (χ4n) is 4.92. The summed E-state index contributed by atoms with van der Waals surface area (Å²) in [6.07, 6.45) is 8.18. The molecule has 0 spiro atoms. The van der Waals surface area contributed by atoms with Crippen molar-refractivity contribution in [3.8, 4) is 0 Å². The summed E-state index contributed by atoms with van der Waals surface area (Å²) in [4.78, 5) is 20.4. The van der Waals surface area contributed by atoms with Gasteiger partial charge < -0.3 is 15.5 Å². The third-order valence-electron chi connectivity index (χ3n) is 6.72. The Morgan fingerprint density at radius 3 is 2.49 bits per heavy atom. The van der Waals surface area contributed by atoms with E-state index in [4.69, 9.17) is 0 Å². The predicted octanol–water partition coefficient (Wildman–Crippen LogP) is 6.13. The van der Waals surface area contributed by atoms with Crippen molar-refractivity contribution in [3.63, 3.8) is 0 Å². The van der Waals surface area contributed by atoms with E-state index in [2.05, 4.69) is 59.5 Å². The van der Waals surface area contributed by atoms with Gasteiger partial charge >= 0.3 is 0 Å². The van der Waals surface area contributed by atoms with E-state index in [9.17, 15) is 4.79 Å². The molecule has 0 aliphatic heterocycles. The number of aryl methyl sites for hydroxylation is 1. The van der Waals surface area contributed by atoms with Gasteiger partial charge in [0.15, 0.2) is 0 Å². The molecule has 190 valence electrons. The number of benzene rings is 2. The Morgan fingerprint density at radius 1 is 1.11 bits per heavy atom. The quantitative estimate of drug-likeness (QED) is 0.395. The topological polar surface area (TPSA) is 57.3 Å². The molecule has 35 heavy (non-hydrogen) atoms. The highest BCUT2D eigenvalue weighted by Gasteiger charge is 2.24. The van der Waals surface area contributed by atoms with E-state index in [-0.39, 0.29) is 5.91 Å². The van der Waals surface area contributed by atoms with Gasteiger partial charge in [0.2, 0.25) is 0 Å². The van der Waals surface area contributed by atoms with Crippen molar-refractivity contribution in [1.82, 2.24) is 15.6 Å². The highest BCUT2D eigenvalue weighted by atomic mass is 32.1. The Hall–Kier alpha value is -2.44. The maximum absolute atomic E-state index is 13.2. The molecule has 0 unspecified atom stereocenters. The van der Waals surface area contributed by atoms with E-state index >= 15 is 0 Å². The number of anilines is 1. The van der Waals surface area contributed by atoms with Gasteiger partial charge in [-0.25, -0.2) is 4.98 Å². The molecule has 0 atom stereocenters. The lowest BCUT2D eigenvalue weighted by Crippen LogP contribution is -2.37. The van der Waals surface area contributed by atoms with Gasteiger partial charge in [0.05, 0.1) is 15.2 Å². The maximum Gasteiger partial charge on any atom is 0.251 e. The largest absolute Gasteiger partial charge is 0.369 e. The standard InChI is InChI=1S/C27H35N3OS.C2H7N/c1-4-20-17-22(19(3)24(18-20)30(5-2)21-11-7-6-8-12-21)27(31)28-16-15-26-29-23-13-9-10-14-25(23)32-26;1-3-2/h9-10,13-14,17-18,21H,4-8,11-12,15-16H2,1-3H3,(H,28,31);3H,1-2H3. The molecule has 0 bridgehead atoms. The van der Waals surface area contributed by atoms with Crippen LogP contribution in [0.4, 0.5) is 5.69 Å². The third-order valence-corrected chi connectivity index (χ3v) is 7.82. The summed E-state index contributed by atoms with van der Waals surface area (Å²) in [7, 11) is 3.75. The number of carbonyl (C=O) groups excluding carboxylic acids is 1. The monoisotopic (exact) mass is 494 g/mol. The zero-order valence-electron chi connectivity index (χ0n) is 22.1. The van der Waals surface area contributed by atoms with Crippen LogP contribution in [-0.2, 0) is 12.8 Å². The van der Waals surface area contributed by atoms with Gasteiger partial charge in [0.1, 0.15) is 0 Å². The molecule has 1 fully saturated rings. The first-order valence-electron chi connectivity index (χ1n) is 13.1. The van der Waals surface area contributed by atoms with Crippen LogP contribution in [0, 0.1) is 6.92 Å². The van der Waals surface area contributed by atoms with Crippen LogP contribution in [0.2, 0.25) is 0 Å². The molecule has 6 heteroatoms. The third kappa shape index (κ3) is 7.05. The van der Waals surface area contributed by atoms with E-state index in [0.717, 1.165) is 41.0 Å². The van der Waals surface area contributed by atoms with Gasteiger partial charge in [-0.3, -0.25) is 4.79 Å². The average molecular weight is 495 g/mol. The van der Waals surface area contributed by atoms with E-state index < -0.39 is 0 Å². The number of hydrogen-bond donors (Lipinski definition) is 2. The normalized spacial score (nSPS) is 13.9. The minimum Gasteiger partial charge on any atom is -0.369 e. The Balaban J connectivity index is 0.00000108. The average Bonchev–Trinajstić information content (AvgIpc) is 3.29. The molecule has 1 saturated carbocycles. The number of aromatic nitrogens is 1. The molecule has 4 rings (SSSR count). The zero-order valence-corrected chi connectivity index (χ0v) is 22.9. The molecule has 1 heterocycles. The fourth-order valence-corrected chi connectivity index (χ4v) is 5.89. The van der Waals surface area contributed by atoms with E-state index in [0.29, 0.717) is 12.6 Å². The Labute approximate surface area is 215 Å². The molecular weight excluding hydrogens is 452 g/mol. The number of thiazole rings is 1. The summed E-state index contributed by atoms with van der Waals surface area (Å²) >= 11 is 1.71. The van der Waals surface area contributed by atoms with Gasteiger partial charge in [0, 0.05) is 36.8 Å². The first kappa shape index (κ1) is 27.2. The van der Waals surface area contributed by atoms with Gasteiger partial charge in [-0.2, -0.15) is 0 Å². The Bertz CT molecular complexity index is 1050. The summed E-state index contributed by atoms with van der Waals surface area (Å²) in [5, 5.41) is 6.98. The van der Waals surface area contributed by atoms with Gasteiger partial charge in [-0.05, 0) is 82.6 Å². The first-order valence-corrected chi connectivity index (χ1v) is 13.9. The lowest BCUT2D eigenvalue weighted by atomic mass is 9.92. The molecule has 1 aliphatic rings. The van der Waals surface area contributed by atoms with Crippen molar-refractivity contribution >= 4 is 33.1 Å². The number of carbonyl (C=O) groups is 1. The zero-order chi connectivity index (χ0) is 25.2. The van der Waals surface area contributed by atoms with Crippen molar-refractivity contribution in [2.24, 2.45) is 0 Å². The second kappa shape index (κ2) is 13.6. The number of para-hydroxylation sites is 1. The fraction of sp³-hybridized carbons (Fsp3) is 0.517. The minimum atomic E-state index is 0.0276. The number of amides is 1. The molecule has 1 aromatic heterocycles. The van der Waals surface area contributed by atoms with E-state index in [1.165, 1.54) is 48.1 Å². The number of fused-ring (bicyclic) bond motifs is 1. The summed E-state index contributed by atoms with van der Waals surface area (Å²) in [5.74, 6) is 0.0276. The molecule has 0 radical (unpaired) electrons. The second-order valence-electron chi connectivity index (χ2n) is 9.30. The van der Waals surface area contributed by atoms with Crippen LogP contribution in [0.25, 0.3) is 10.2 Å². The minimum absolute atomic E-state index is 0.0276. The Kier molecular flexibility index (Phi) is 10.5. The smallest absolute Gasteiger partial charge is 0.251 e. The van der Waals surface area contributed by atoms with Gasteiger partial charge in [0.25, 0.3) is 5.91 Å². The predicted molar refractivity (Wildman–Crippen MR) is 151 cm³/mol. The molecule has 1 aliphatic carbocycles. The lowest BCUT2D eigenvalue weighted by Gasteiger charge is -2.37. The lowest BCUT2D eigenvalue weighted by molar-refractivity contribution is 0.0953.